The van der Waals surface area contributed by atoms with Gasteiger partial charge in [-0.15, -0.1) is 0 Å². The fourth-order valence-electron chi connectivity index (χ4n) is 12.3. The van der Waals surface area contributed by atoms with E-state index in [1.165, 1.54) is 6.92 Å². The van der Waals surface area contributed by atoms with Gasteiger partial charge in [0.15, 0.2) is 5.78 Å². The molecule has 8 nitrogen and oxygen atoms in total. The first-order valence-corrected chi connectivity index (χ1v) is 19.2. The minimum atomic E-state index is -1.05. The Labute approximate surface area is 296 Å². The Morgan fingerprint density at radius 1 is 1.04 bits per heavy atom. The molecule has 5 rings (SSSR count). The van der Waals surface area contributed by atoms with Crippen molar-refractivity contribution in [3.05, 3.63) is 11.6 Å². The lowest BCUT2D eigenvalue weighted by molar-refractivity contribution is -0.268. The molecule has 5 aliphatic rings. The molecule has 0 unspecified atom stereocenters. The number of hydrogen-bond donors (Lipinski definition) is 2. The summed E-state index contributed by atoms with van der Waals surface area (Å²) >= 11 is 0. The predicted molar refractivity (Wildman–Crippen MR) is 191 cm³/mol. The van der Waals surface area contributed by atoms with Crippen LogP contribution in [0.4, 0.5) is 0 Å². The van der Waals surface area contributed by atoms with E-state index < -0.39 is 45.1 Å². The van der Waals surface area contributed by atoms with Gasteiger partial charge < -0.3 is 24.6 Å². The first-order chi connectivity index (χ1) is 22.5. The third-order valence-electron chi connectivity index (χ3n) is 15.7. The topological polar surface area (TPSA) is 111 Å². The van der Waals surface area contributed by atoms with Crippen molar-refractivity contribution in [2.45, 2.75) is 146 Å². The number of fused-ring (bicyclic) bond motifs is 3. The van der Waals surface area contributed by atoms with E-state index in [0.717, 1.165) is 31.3 Å². The predicted octanol–water partition coefficient (Wildman–Crippen LogP) is 7.48. The molecule has 0 radical (unpaired) electrons. The van der Waals surface area contributed by atoms with E-state index in [9.17, 15) is 19.5 Å². The summed E-state index contributed by atoms with van der Waals surface area (Å²) in [6, 6.07) is 0.276. The molecule has 2 bridgehead atoms. The van der Waals surface area contributed by atoms with Gasteiger partial charge in [0.1, 0.15) is 12.2 Å². The average Bonchev–Trinajstić information content (AvgIpc) is 2.97. The molecular weight excluding hydrogens is 618 g/mol. The van der Waals surface area contributed by atoms with Crippen molar-refractivity contribution in [2.24, 2.45) is 62.6 Å². The van der Waals surface area contributed by atoms with Crippen molar-refractivity contribution in [1.82, 2.24) is 5.32 Å². The Hall–Kier alpha value is -1.77. The molecule has 4 aliphatic carbocycles. The highest BCUT2D eigenvalue weighted by molar-refractivity contribution is 6.00. The number of carbonyl (C=O) groups is 3. The number of hydrogen-bond acceptors (Lipinski definition) is 7. The number of aliphatic carboxylic acids is 1. The van der Waals surface area contributed by atoms with E-state index in [2.05, 4.69) is 81.5 Å². The van der Waals surface area contributed by atoms with Gasteiger partial charge in [-0.25, -0.2) is 0 Å². The van der Waals surface area contributed by atoms with Crippen LogP contribution in [-0.2, 0) is 28.6 Å². The molecule has 1 saturated heterocycles. The van der Waals surface area contributed by atoms with E-state index in [4.69, 9.17) is 14.2 Å². The number of carboxylic acids is 1. The van der Waals surface area contributed by atoms with E-state index in [1.807, 2.05) is 13.0 Å². The monoisotopic (exact) mass is 685 g/mol. The highest BCUT2D eigenvalue weighted by Crippen LogP contribution is 2.74. The van der Waals surface area contributed by atoms with Crippen LogP contribution in [0.5, 0.6) is 0 Å². The lowest BCUT2D eigenvalue weighted by atomic mass is 9.34. The van der Waals surface area contributed by atoms with Gasteiger partial charge in [0.25, 0.3) is 0 Å². The second kappa shape index (κ2) is 12.7. The highest BCUT2D eigenvalue weighted by Gasteiger charge is 2.74. The zero-order chi connectivity index (χ0) is 36.7. The number of rotatable bonds is 10. The van der Waals surface area contributed by atoms with Gasteiger partial charge in [0.2, 0.25) is 0 Å². The van der Waals surface area contributed by atoms with Crippen LogP contribution in [0.1, 0.15) is 122 Å². The number of allylic oxidation sites excluding steroid dienone is 1. The van der Waals surface area contributed by atoms with Gasteiger partial charge in [-0.1, -0.05) is 81.7 Å². The Kier molecular flexibility index (Phi) is 9.98. The minimum absolute atomic E-state index is 0.0353. The van der Waals surface area contributed by atoms with Crippen molar-refractivity contribution >= 4 is 17.7 Å². The van der Waals surface area contributed by atoms with E-state index >= 15 is 0 Å². The molecular formula is C41H67NO7. The van der Waals surface area contributed by atoms with Crippen LogP contribution in [0.25, 0.3) is 0 Å². The minimum Gasteiger partial charge on any atom is -0.481 e. The summed E-state index contributed by atoms with van der Waals surface area (Å²) in [5, 5.41) is 14.7. The largest absolute Gasteiger partial charge is 0.481 e. The van der Waals surface area contributed by atoms with Crippen molar-refractivity contribution < 1.29 is 33.7 Å². The van der Waals surface area contributed by atoms with Crippen LogP contribution in [0, 0.1) is 62.6 Å². The van der Waals surface area contributed by atoms with Crippen LogP contribution >= 0.6 is 0 Å². The van der Waals surface area contributed by atoms with E-state index in [0.29, 0.717) is 38.1 Å². The molecule has 3 saturated carbocycles. The maximum Gasteiger partial charge on any atom is 0.308 e. The summed E-state index contributed by atoms with van der Waals surface area (Å²) in [5.41, 5.74) is -2.23. The van der Waals surface area contributed by atoms with Crippen LogP contribution < -0.4 is 5.32 Å². The molecule has 0 spiro atoms. The molecule has 0 amide bonds. The molecule has 278 valence electrons. The first-order valence-electron chi connectivity index (χ1n) is 19.2. The standard InChI is InChI=1S/C41H67NO7/c1-23(2)26(7)36(9)16-17-38(11)28-14-15-31-37(10)20-47-22-41(31,29(28)18-32(44)40(38,13)33(36)35(45)46)19-30(49-27(8)43)34(37)48-21-39(12,24(3)4)42-25(5)6/h18,23-26,28,30-31,33-34,42H,14-17,19-22H2,1-13H3,(H,45,46)/t26-,28+,30-,31+,33-,34+,36-,37-,38-,39-,40+,41+/m1/s1. The molecule has 12 atom stereocenters. The lowest BCUT2D eigenvalue weighted by Gasteiger charge is -2.70. The molecule has 49 heavy (non-hydrogen) atoms. The van der Waals surface area contributed by atoms with E-state index in [-0.39, 0.29) is 47.2 Å². The normalized spacial score (nSPS) is 43.6. The summed E-state index contributed by atoms with van der Waals surface area (Å²) in [6.45, 7) is 28.8. The zero-order valence-corrected chi connectivity index (χ0v) is 32.8. The summed E-state index contributed by atoms with van der Waals surface area (Å²) in [5.74, 6) is -1.10. The van der Waals surface area contributed by atoms with Gasteiger partial charge in [0.05, 0.1) is 25.7 Å². The molecule has 1 aliphatic heterocycles. The number of carbonyl (C=O) groups excluding carboxylic acids is 2. The Morgan fingerprint density at radius 3 is 2.24 bits per heavy atom. The third-order valence-corrected chi connectivity index (χ3v) is 15.7. The smallest absolute Gasteiger partial charge is 0.308 e. The van der Waals surface area contributed by atoms with Crippen LogP contribution in [-0.4, -0.2) is 66.4 Å². The SMILES string of the molecule is CC(=O)O[C@@H]1C[C@@]23COC[C@](C)([C@@H]2CC[C@H]2C3=CC(=O)[C@@]3(C)[C@H](C(=O)O)[C@@](C)([C@H](C)C(C)C)CC[C@]23C)[C@H]1OC[C@@](C)(NC(C)C)C(C)C. The quantitative estimate of drug-likeness (QED) is 0.228. The summed E-state index contributed by atoms with van der Waals surface area (Å²) in [4.78, 5) is 41.0. The van der Waals surface area contributed by atoms with Crippen LogP contribution in [0.3, 0.4) is 0 Å². The molecule has 1 heterocycles. The average molecular weight is 686 g/mol. The number of ketones is 1. The number of nitrogens with one attached hydrogen (secondary N) is 1. The van der Waals surface area contributed by atoms with Gasteiger partial charge >= 0.3 is 11.9 Å². The Bertz CT molecular complexity index is 1360. The van der Waals surface area contributed by atoms with Crippen molar-refractivity contribution in [3.8, 4) is 0 Å². The highest BCUT2D eigenvalue weighted by atomic mass is 16.6. The summed E-state index contributed by atoms with van der Waals surface area (Å²) in [6.07, 6.45) is 4.90. The fraction of sp³-hybridized carbons (Fsp3) is 0.878. The fourth-order valence-corrected chi connectivity index (χ4v) is 12.3. The van der Waals surface area contributed by atoms with Crippen molar-refractivity contribution in [1.29, 1.82) is 0 Å². The maximum atomic E-state index is 14.9. The third kappa shape index (κ3) is 5.59. The molecule has 0 aromatic rings. The number of carboxylic acid groups (broad SMARTS) is 1. The summed E-state index contributed by atoms with van der Waals surface area (Å²) < 4.78 is 19.8. The molecule has 0 aromatic carbocycles. The second-order valence-electron chi connectivity index (χ2n) is 19.2. The van der Waals surface area contributed by atoms with Crippen molar-refractivity contribution in [2.75, 3.05) is 19.8 Å². The molecule has 4 fully saturated rings. The van der Waals surface area contributed by atoms with Crippen LogP contribution in [0.15, 0.2) is 11.6 Å². The molecule has 8 heteroatoms. The zero-order valence-electron chi connectivity index (χ0n) is 32.8. The number of ether oxygens (including phenoxy) is 3. The van der Waals surface area contributed by atoms with E-state index in [1.54, 1.807) is 0 Å². The second-order valence-corrected chi connectivity index (χ2v) is 19.2. The van der Waals surface area contributed by atoms with Crippen molar-refractivity contribution in [3.63, 3.8) is 0 Å². The van der Waals surface area contributed by atoms with Crippen LogP contribution in [0.2, 0.25) is 0 Å². The molecule has 0 aromatic heterocycles. The Balaban J connectivity index is 1.60. The van der Waals surface area contributed by atoms with Gasteiger partial charge in [-0.2, -0.15) is 0 Å². The Morgan fingerprint density at radius 2 is 1.69 bits per heavy atom. The maximum absolute atomic E-state index is 14.9. The molecule has 2 N–H and O–H groups in total. The summed E-state index contributed by atoms with van der Waals surface area (Å²) in [7, 11) is 0. The van der Waals surface area contributed by atoms with Gasteiger partial charge in [0, 0.05) is 34.7 Å². The van der Waals surface area contributed by atoms with Gasteiger partial charge in [-0.3, -0.25) is 14.4 Å². The first kappa shape index (κ1) is 38.5. The van der Waals surface area contributed by atoms with Gasteiger partial charge in [-0.05, 0) is 85.5 Å². The lowest BCUT2D eigenvalue weighted by Crippen LogP contribution is -2.71. The number of esters is 1.